The van der Waals surface area contributed by atoms with E-state index in [-0.39, 0.29) is 0 Å². The standard InChI is InChI=1S/C13H20N2S/c1-2-3-4-5-11-6-8-12(9-7-11)10-15-13(14)16/h6-9H,2-5,10H2,1H3,(H3,14,15,16). The van der Waals surface area contributed by atoms with Crippen molar-refractivity contribution < 1.29 is 0 Å². The molecule has 3 N–H and O–H groups in total. The molecule has 1 aromatic carbocycles. The second-order valence-electron chi connectivity index (χ2n) is 3.99. The summed E-state index contributed by atoms with van der Waals surface area (Å²) in [6, 6.07) is 8.64. The molecule has 0 atom stereocenters. The lowest BCUT2D eigenvalue weighted by Crippen LogP contribution is -2.28. The number of unbranched alkanes of at least 4 members (excludes halogenated alkanes) is 2. The molecule has 0 fully saturated rings. The summed E-state index contributed by atoms with van der Waals surface area (Å²) in [5.41, 5.74) is 8.00. The molecule has 0 amide bonds. The first kappa shape index (κ1) is 13.0. The molecule has 3 heteroatoms. The zero-order chi connectivity index (χ0) is 11.8. The van der Waals surface area contributed by atoms with Crippen LogP contribution < -0.4 is 11.1 Å². The Labute approximate surface area is 103 Å². The van der Waals surface area contributed by atoms with Gasteiger partial charge in [0.1, 0.15) is 0 Å². The van der Waals surface area contributed by atoms with E-state index in [4.69, 9.17) is 18.0 Å². The van der Waals surface area contributed by atoms with Crippen LogP contribution in [0.15, 0.2) is 24.3 Å². The maximum atomic E-state index is 5.37. The van der Waals surface area contributed by atoms with Gasteiger partial charge in [-0.05, 0) is 36.2 Å². The predicted molar refractivity (Wildman–Crippen MR) is 73.3 cm³/mol. The Balaban J connectivity index is 2.38. The number of aryl methyl sites for hydroxylation is 1. The van der Waals surface area contributed by atoms with E-state index in [9.17, 15) is 0 Å². The fourth-order valence-electron chi connectivity index (χ4n) is 1.59. The number of benzene rings is 1. The molecule has 0 radical (unpaired) electrons. The zero-order valence-corrected chi connectivity index (χ0v) is 10.6. The van der Waals surface area contributed by atoms with Gasteiger partial charge in [-0.2, -0.15) is 0 Å². The van der Waals surface area contributed by atoms with Crippen LogP contribution in [0.4, 0.5) is 0 Å². The summed E-state index contributed by atoms with van der Waals surface area (Å²) in [4.78, 5) is 0. The third kappa shape index (κ3) is 5.12. The van der Waals surface area contributed by atoms with Gasteiger partial charge < -0.3 is 11.1 Å². The molecule has 1 aromatic rings. The highest BCUT2D eigenvalue weighted by molar-refractivity contribution is 7.80. The molecule has 0 saturated carbocycles. The summed E-state index contributed by atoms with van der Waals surface area (Å²) in [5, 5.41) is 3.30. The van der Waals surface area contributed by atoms with Crippen LogP contribution >= 0.6 is 12.2 Å². The van der Waals surface area contributed by atoms with E-state index in [0.717, 1.165) is 0 Å². The molecule has 1 rings (SSSR count). The van der Waals surface area contributed by atoms with Gasteiger partial charge in [0.25, 0.3) is 0 Å². The second-order valence-corrected chi connectivity index (χ2v) is 4.43. The van der Waals surface area contributed by atoms with Gasteiger partial charge >= 0.3 is 0 Å². The first-order chi connectivity index (χ1) is 7.72. The number of nitrogens with one attached hydrogen (secondary N) is 1. The second kappa shape index (κ2) is 7.23. The molecule has 16 heavy (non-hydrogen) atoms. The number of nitrogens with two attached hydrogens (primary N) is 1. The van der Waals surface area contributed by atoms with Crippen LogP contribution in [-0.4, -0.2) is 5.11 Å². The molecule has 0 aliphatic rings. The lowest BCUT2D eigenvalue weighted by Gasteiger charge is -2.05. The number of thiocarbonyl (C=S) groups is 1. The molecule has 0 bridgehead atoms. The topological polar surface area (TPSA) is 38.0 Å². The average Bonchev–Trinajstić information content (AvgIpc) is 2.28. The van der Waals surface area contributed by atoms with Crippen molar-refractivity contribution in [3.63, 3.8) is 0 Å². The third-order valence-electron chi connectivity index (χ3n) is 2.56. The van der Waals surface area contributed by atoms with Crippen molar-refractivity contribution in [1.82, 2.24) is 5.32 Å². The van der Waals surface area contributed by atoms with Crippen LogP contribution in [0.5, 0.6) is 0 Å². The van der Waals surface area contributed by atoms with Crippen LogP contribution in [0, 0.1) is 0 Å². The van der Waals surface area contributed by atoms with E-state index in [2.05, 4.69) is 36.5 Å². The summed E-state index contributed by atoms with van der Waals surface area (Å²) < 4.78 is 0. The summed E-state index contributed by atoms with van der Waals surface area (Å²) in [5.74, 6) is 0. The molecule has 0 saturated heterocycles. The van der Waals surface area contributed by atoms with Gasteiger partial charge in [-0.3, -0.25) is 0 Å². The van der Waals surface area contributed by atoms with Crippen LogP contribution in [0.1, 0.15) is 37.3 Å². The first-order valence-electron chi connectivity index (χ1n) is 5.83. The summed E-state index contributed by atoms with van der Waals surface area (Å²) in [6.45, 7) is 2.94. The molecule has 0 aliphatic carbocycles. The summed E-state index contributed by atoms with van der Waals surface area (Å²) in [7, 11) is 0. The van der Waals surface area contributed by atoms with E-state index in [1.807, 2.05) is 0 Å². The van der Waals surface area contributed by atoms with Crippen molar-refractivity contribution in [1.29, 1.82) is 0 Å². The highest BCUT2D eigenvalue weighted by Gasteiger charge is 1.95. The Hall–Kier alpha value is -1.09. The summed E-state index contributed by atoms with van der Waals surface area (Å²) >= 11 is 4.76. The highest BCUT2D eigenvalue weighted by Crippen LogP contribution is 2.08. The fourth-order valence-corrected chi connectivity index (χ4v) is 1.66. The minimum atomic E-state index is 0.354. The molecule has 0 heterocycles. The summed E-state index contributed by atoms with van der Waals surface area (Å²) in [6.07, 6.45) is 5.04. The van der Waals surface area contributed by atoms with Gasteiger partial charge in [0, 0.05) is 6.54 Å². The SMILES string of the molecule is CCCCCc1ccc(CNC(N)=S)cc1. The Morgan fingerprint density at radius 2 is 1.81 bits per heavy atom. The maximum Gasteiger partial charge on any atom is 0.163 e. The Morgan fingerprint density at radius 3 is 2.38 bits per heavy atom. The van der Waals surface area contributed by atoms with Crippen molar-refractivity contribution in [2.75, 3.05) is 0 Å². The van der Waals surface area contributed by atoms with E-state index < -0.39 is 0 Å². The molecule has 0 unspecified atom stereocenters. The van der Waals surface area contributed by atoms with Crippen molar-refractivity contribution in [3.05, 3.63) is 35.4 Å². The molecular weight excluding hydrogens is 216 g/mol. The van der Waals surface area contributed by atoms with E-state index in [1.165, 1.54) is 36.8 Å². The maximum absolute atomic E-state index is 5.37. The highest BCUT2D eigenvalue weighted by atomic mass is 32.1. The number of hydrogen-bond donors (Lipinski definition) is 2. The van der Waals surface area contributed by atoms with Crippen molar-refractivity contribution in [3.8, 4) is 0 Å². The van der Waals surface area contributed by atoms with Crippen molar-refractivity contribution in [2.45, 2.75) is 39.2 Å². The smallest absolute Gasteiger partial charge is 0.163 e. The van der Waals surface area contributed by atoms with E-state index in [1.54, 1.807) is 0 Å². The van der Waals surface area contributed by atoms with Gasteiger partial charge in [0.05, 0.1) is 0 Å². The molecule has 0 spiro atoms. The normalized spacial score (nSPS) is 10.1. The Morgan fingerprint density at radius 1 is 1.19 bits per heavy atom. The Kier molecular flexibility index (Phi) is 5.86. The lowest BCUT2D eigenvalue weighted by atomic mass is 10.1. The fraction of sp³-hybridized carbons (Fsp3) is 0.462. The van der Waals surface area contributed by atoms with Crippen molar-refractivity contribution in [2.24, 2.45) is 5.73 Å². The van der Waals surface area contributed by atoms with Gasteiger partial charge in [-0.25, -0.2) is 0 Å². The van der Waals surface area contributed by atoms with Gasteiger partial charge in [-0.1, -0.05) is 44.0 Å². The number of hydrogen-bond acceptors (Lipinski definition) is 1. The van der Waals surface area contributed by atoms with Gasteiger partial charge in [-0.15, -0.1) is 0 Å². The van der Waals surface area contributed by atoms with Gasteiger partial charge in [0.15, 0.2) is 5.11 Å². The molecule has 2 nitrogen and oxygen atoms in total. The molecule has 0 aromatic heterocycles. The molecule has 0 aliphatic heterocycles. The number of rotatable bonds is 6. The lowest BCUT2D eigenvalue weighted by molar-refractivity contribution is 0.717. The van der Waals surface area contributed by atoms with Crippen LogP contribution in [0.3, 0.4) is 0 Å². The van der Waals surface area contributed by atoms with E-state index in [0.29, 0.717) is 11.7 Å². The predicted octanol–water partition coefficient (Wildman–Crippen LogP) is 2.75. The minimum Gasteiger partial charge on any atom is -0.376 e. The zero-order valence-electron chi connectivity index (χ0n) is 9.83. The van der Waals surface area contributed by atoms with Gasteiger partial charge in [0.2, 0.25) is 0 Å². The molecule has 88 valence electrons. The quantitative estimate of drug-likeness (QED) is 0.589. The van der Waals surface area contributed by atoms with Crippen molar-refractivity contribution >= 4 is 17.3 Å². The van der Waals surface area contributed by atoms with Crippen LogP contribution in [0.25, 0.3) is 0 Å². The third-order valence-corrected chi connectivity index (χ3v) is 2.70. The monoisotopic (exact) mass is 236 g/mol. The largest absolute Gasteiger partial charge is 0.376 e. The minimum absolute atomic E-state index is 0.354. The Bertz CT molecular complexity index is 319. The molecular formula is C13H20N2S. The average molecular weight is 236 g/mol. The first-order valence-corrected chi connectivity index (χ1v) is 6.24. The van der Waals surface area contributed by atoms with E-state index >= 15 is 0 Å². The van der Waals surface area contributed by atoms with Crippen LogP contribution in [0.2, 0.25) is 0 Å². The van der Waals surface area contributed by atoms with Crippen LogP contribution in [-0.2, 0) is 13.0 Å².